The van der Waals surface area contributed by atoms with Crippen LogP contribution in [0.2, 0.25) is 0 Å². The highest BCUT2D eigenvalue weighted by Gasteiger charge is 2.19. The quantitative estimate of drug-likeness (QED) is 0.194. The van der Waals surface area contributed by atoms with E-state index in [1.165, 1.54) is 36.5 Å². The van der Waals surface area contributed by atoms with Crippen molar-refractivity contribution in [1.29, 1.82) is 0 Å². The number of nitrogens with zero attached hydrogens (tertiary/aromatic N) is 2. The SMILES string of the molecule is c1ccc(-c2cccc3ccccc23)c(-c2cc(-c3cccc4c3oc3ccccc34)nc(-c3ccc4sc5ccccc5c4c3)n2)c1. The Hall–Kier alpha value is -6.10. The molecule has 0 aliphatic heterocycles. The number of hydrogen-bond donors (Lipinski definition) is 0. The third kappa shape index (κ3) is 4.27. The molecule has 0 atom stereocenters. The van der Waals surface area contributed by atoms with Gasteiger partial charge < -0.3 is 4.42 Å². The van der Waals surface area contributed by atoms with E-state index in [4.69, 9.17) is 14.4 Å². The van der Waals surface area contributed by atoms with Crippen LogP contribution in [0, 0.1) is 0 Å². The molecule has 7 aromatic carbocycles. The topological polar surface area (TPSA) is 38.9 Å². The monoisotopic (exact) mass is 630 g/mol. The van der Waals surface area contributed by atoms with Crippen LogP contribution in [-0.4, -0.2) is 9.97 Å². The highest BCUT2D eigenvalue weighted by atomic mass is 32.1. The van der Waals surface area contributed by atoms with Gasteiger partial charge in [0.2, 0.25) is 0 Å². The van der Waals surface area contributed by atoms with E-state index in [-0.39, 0.29) is 0 Å². The summed E-state index contributed by atoms with van der Waals surface area (Å²) in [4.78, 5) is 10.6. The maximum absolute atomic E-state index is 6.51. The normalized spacial score (nSPS) is 11.8. The van der Waals surface area contributed by atoms with Gasteiger partial charge >= 0.3 is 0 Å². The van der Waals surface area contributed by atoms with Crippen molar-refractivity contribution in [3.05, 3.63) is 158 Å². The molecule has 0 fully saturated rings. The van der Waals surface area contributed by atoms with Gasteiger partial charge in [-0.3, -0.25) is 0 Å². The van der Waals surface area contributed by atoms with Crippen LogP contribution in [0.5, 0.6) is 0 Å². The van der Waals surface area contributed by atoms with Crippen molar-refractivity contribution >= 4 is 64.2 Å². The highest BCUT2D eigenvalue weighted by Crippen LogP contribution is 2.41. The Labute approximate surface area is 280 Å². The van der Waals surface area contributed by atoms with Crippen LogP contribution in [0.1, 0.15) is 0 Å². The molecule has 0 N–H and O–H groups in total. The molecule has 0 radical (unpaired) electrons. The Morgan fingerprint density at radius 2 is 1.04 bits per heavy atom. The van der Waals surface area contributed by atoms with E-state index in [0.717, 1.165) is 55.6 Å². The lowest BCUT2D eigenvalue weighted by Gasteiger charge is -2.14. The molecule has 3 nitrogen and oxygen atoms in total. The highest BCUT2D eigenvalue weighted by molar-refractivity contribution is 7.25. The number of hydrogen-bond acceptors (Lipinski definition) is 4. The summed E-state index contributed by atoms with van der Waals surface area (Å²) in [6, 6.07) is 55.5. The van der Waals surface area contributed by atoms with Gasteiger partial charge in [-0.1, -0.05) is 115 Å². The molecular weight excluding hydrogens is 605 g/mol. The van der Waals surface area contributed by atoms with E-state index < -0.39 is 0 Å². The fraction of sp³-hybridized carbons (Fsp3) is 0. The molecule has 224 valence electrons. The summed E-state index contributed by atoms with van der Waals surface area (Å²) in [5, 5.41) is 7.07. The van der Waals surface area contributed by atoms with Crippen molar-refractivity contribution in [2.75, 3.05) is 0 Å². The van der Waals surface area contributed by atoms with Gasteiger partial charge in [0.05, 0.1) is 11.4 Å². The van der Waals surface area contributed by atoms with Crippen molar-refractivity contribution in [3.8, 4) is 45.0 Å². The molecule has 0 saturated carbocycles. The number of para-hydroxylation sites is 2. The van der Waals surface area contributed by atoms with Crippen molar-refractivity contribution in [2.24, 2.45) is 0 Å². The van der Waals surface area contributed by atoms with E-state index in [9.17, 15) is 0 Å². The molecule has 10 rings (SSSR count). The van der Waals surface area contributed by atoms with Gasteiger partial charge in [-0.15, -0.1) is 11.3 Å². The minimum atomic E-state index is 0.681. The first kappa shape index (κ1) is 27.1. The van der Waals surface area contributed by atoms with Gasteiger partial charge in [0.15, 0.2) is 5.82 Å². The standard InChI is InChI=1S/C44H26N2OS/c1-2-13-29-27(11-1)12-9-18-30(29)31-14-3-4-15-32(31)38-26-39(36-20-10-19-35-33-16-5-7-21-40(33)47-43(35)36)46-44(45-38)28-23-24-42-37(25-28)34-17-6-8-22-41(34)48-42/h1-26H. The Bertz CT molecular complexity index is 2860. The Morgan fingerprint density at radius 1 is 0.417 bits per heavy atom. The van der Waals surface area contributed by atoms with Gasteiger partial charge in [0.25, 0.3) is 0 Å². The third-order valence-electron chi connectivity index (χ3n) is 9.32. The second kappa shape index (κ2) is 10.7. The summed E-state index contributed by atoms with van der Waals surface area (Å²) in [6.07, 6.45) is 0. The average molecular weight is 631 g/mol. The summed E-state index contributed by atoms with van der Waals surface area (Å²) in [6.45, 7) is 0. The van der Waals surface area contributed by atoms with Crippen molar-refractivity contribution in [2.45, 2.75) is 0 Å². The van der Waals surface area contributed by atoms with Gasteiger partial charge in [-0.2, -0.15) is 0 Å². The maximum atomic E-state index is 6.51. The molecule has 3 heterocycles. The summed E-state index contributed by atoms with van der Waals surface area (Å²) in [5.41, 5.74) is 8.66. The molecule has 0 bridgehead atoms. The van der Waals surface area contributed by atoms with Gasteiger partial charge in [0.1, 0.15) is 11.2 Å². The predicted octanol–water partition coefficient (Wildman–Crippen LogP) is 12.6. The van der Waals surface area contributed by atoms with Crippen LogP contribution in [0.15, 0.2) is 162 Å². The van der Waals surface area contributed by atoms with Crippen LogP contribution in [0.3, 0.4) is 0 Å². The largest absolute Gasteiger partial charge is 0.455 e. The average Bonchev–Trinajstić information content (AvgIpc) is 3.72. The van der Waals surface area contributed by atoms with Crippen LogP contribution >= 0.6 is 11.3 Å². The molecular formula is C44H26N2OS. The first-order valence-corrected chi connectivity index (χ1v) is 16.9. The summed E-state index contributed by atoms with van der Waals surface area (Å²) < 4.78 is 9.04. The molecule has 10 aromatic rings. The fourth-order valence-electron chi connectivity index (χ4n) is 7.07. The molecule has 4 heteroatoms. The predicted molar refractivity (Wildman–Crippen MR) is 201 cm³/mol. The number of thiophene rings is 1. The van der Waals surface area contributed by atoms with E-state index in [2.05, 4.69) is 146 Å². The molecule has 0 amide bonds. The zero-order valence-electron chi connectivity index (χ0n) is 25.7. The first-order chi connectivity index (χ1) is 23.8. The van der Waals surface area contributed by atoms with Crippen molar-refractivity contribution in [1.82, 2.24) is 9.97 Å². The van der Waals surface area contributed by atoms with Gasteiger partial charge in [0, 0.05) is 47.6 Å². The lowest BCUT2D eigenvalue weighted by atomic mass is 9.93. The van der Waals surface area contributed by atoms with Crippen LogP contribution in [-0.2, 0) is 0 Å². The minimum absolute atomic E-state index is 0.681. The number of aromatic nitrogens is 2. The number of benzene rings is 7. The van der Waals surface area contributed by atoms with Gasteiger partial charge in [-0.25, -0.2) is 9.97 Å². The lowest BCUT2D eigenvalue weighted by molar-refractivity contribution is 0.670. The molecule has 3 aromatic heterocycles. The Kier molecular flexibility index (Phi) is 6.05. The number of fused-ring (bicyclic) bond motifs is 7. The van der Waals surface area contributed by atoms with Crippen molar-refractivity contribution < 1.29 is 4.42 Å². The zero-order chi connectivity index (χ0) is 31.6. The van der Waals surface area contributed by atoms with Crippen LogP contribution in [0.25, 0.3) is 97.9 Å². The third-order valence-corrected chi connectivity index (χ3v) is 10.5. The van der Waals surface area contributed by atoms with Gasteiger partial charge in [-0.05, 0) is 64.4 Å². The van der Waals surface area contributed by atoms with E-state index in [1.807, 2.05) is 23.5 Å². The summed E-state index contributed by atoms with van der Waals surface area (Å²) in [7, 11) is 0. The lowest BCUT2D eigenvalue weighted by Crippen LogP contribution is -1.97. The number of rotatable bonds is 4. The molecule has 0 aliphatic rings. The van der Waals surface area contributed by atoms with E-state index in [1.54, 1.807) is 0 Å². The van der Waals surface area contributed by atoms with E-state index >= 15 is 0 Å². The molecule has 48 heavy (non-hydrogen) atoms. The van der Waals surface area contributed by atoms with E-state index in [0.29, 0.717) is 5.82 Å². The van der Waals surface area contributed by atoms with Crippen LogP contribution in [0.4, 0.5) is 0 Å². The Balaban J connectivity index is 1.25. The molecule has 0 aliphatic carbocycles. The molecule has 0 spiro atoms. The molecule has 0 unspecified atom stereocenters. The minimum Gasteiger partial charge on any atom is -0.455 e. The fourth-order valence-corrected chi connectivity index (χ4v) is 8.15. The molecule has 0 saturated heterocycles. The maximum Gasteiger partial charge on any atom is 0.160 e. The zero-order valence-corrected chi connectivity index (χ0v) is 26.5. The summed E-state index contributed by atoms with van der Waals surface area (Å²) in [5.74, 6) is 0.681. The second-order valence-corrected chi connectivity index (χ2v) is 13.2. The Morgan fingerprint density at radius 3 is 1.96 bits per heavy atom. The first-order valence-electron chi connectivity index (χ1n) is 16.1. The van der Waals surface area contributed by atoms with Crippen molar-refractivity contribution in [3.63, 3.8) is 0 Å². The summed E-state index contributed by atoms with van der Waals surface area (Å²) >= 11 is 1.82. The number of furan rings is 1. The smallest absolute Gasteiger partial charge is 0.160 e. The van der Waals surface area contributed by atoms with Crippen LogP contribution < -0.4 is 0 Å². The second-order valence-electron chi connectivity index (χ2n) is 12.1.